The number of ether oxygens (including phenoxy) is 1. The number of hydrogen-bond acceptors (Lipinski definition) is 3. The highest BCUT2D eigenvalue weighted by molar-refractivity contribution is 5.77. The van der Waals surface area contributed by atoms with Crippen molar-refractivity contribution in [3.8, 4) is 0 Å². The maximum atomic E-state index is 12.4. The van der Waals surface area contributed by atoms with Crippen LogP contribution in [0.4, 0.5) is 0 Å². The van der Waals surface area contributed by atoms with Gasteiger partial charge in [0.15, 0.2) is 0 Å². The highest BCUT2D eigenvalue weighted by Gasteiger charge is 2.29. The van der Waals surface area contributed by atoms with Crippen LogP contribution in [0.25, 0.3) is 11.0 Å². The van der Waals surface area contributed by atoms with Crippen LogP contribution in [0.3, 0.4) is 0 Å². The molecule has 1 amide bonds. The zero-order valence-corrected chi connectivity index (χ0v) is 14.5. The number of hydrogen-bond donors (Lipinski definition) is 1. The number of rotatable bonds is 4. The Morgan fingerprint density at radius 1 is 1.29 bits per heavy atom. The van der Waals surface area contributed by atoms with Gasteiger partial charge in [-0.3, -0.25) is 9.36 Å². The number of aromatic amines is 1. The molecule has 1 N–H and O–H groups in total. The second-order valence-corrected chi connectivity index (χ2v) is 7.07. The van der Waals surface area contributed by atoms with E-state index >= 15 is 0 Å². The van der Waals surface area contributed by atoms with Crippen LogP contribution in [0.5, 0.6) is 0 Å². The first-order chi connectivity index (χ1) is 11.4. The Morgan fingerprint density at radius 2 is 1.96 bits per heavy atom. The van der Waals surface area contributed by atoms with Crippen molar-refractivity contribution in [1.82, 2.24) is 14.5 Å². The van der Waals surface area contributed by atoms with Gasteiger partial charge in [0.25, 0.3) is 0 Å². The molecule has 6 nitrogen and oxygen atoms in total. The Kier molecular flexibility index (Phi) is 4.49. The summed E-state index contributed by atoms with van der Waals surface area (Å²) in [4.78, 5) is 29.5. The van der Waals surface area contributed by atoms with Gasteiger partial charge >= 0.3 is 5.69 Å². The lowest BCUT2D eigenvalue weighted by Gasteiger charge is -2.34. The number of para-hydroxylation sites is 2. The minimum atomic E-state index is -0.443. The third-order valence-electron chi connectivity index (χ3n) is 4.94. The largest absolute Gasteiger partial charge is 0.378 e. The molecule has 1 aliphatic heterocycles. The molecular formula is C18H25N3O3. The number of imidazole rings is 1. The number of benzene rings is 1. The Hall–Kier alpha value is -2.08. The van der Waals surface area contributed by atoms with Crippen molar-refractivity contribution in [2.75, 3.05) is 20.2 Å². The summed E-state index contributed by atoms with van der Waals surface area (Å²) in [6.07, 6.45) is 1.96. The summed E-state index contributed by atoms with van der Waals surface area (Å²) in [6.45, 7) is 5.19. The van der Waals surface area contributed by atoms with Crippen molar-refractivity contribution >= 4 is 16.9 Å². The molecule has 0 saturated carbocycles. The van der Waals surface area contributed by atoms with Gasteiger partial charge in [-0.15, -0.1) is 0 Å². The SMILES string of the molecule is COC(C)(C)CC(=O)N1CCC(n2c(=O)[nH]c3ccccc32)CC1. The van der Waals surface area contributed by atoms with Gasteiger partial charge in [-0.05, 0) is 38.8 Å². The number of carbonyl (C=O) groups is 1. The van der Waals surface area contributed by atoms with Crippen LogP contribution in [0.15, 0.2) is 29.1 Å². The Labute approximate surface area is 141 Å². The van der Waals surface area contributed by atoms with E-state index in [0.29, 0.717) is 19.5 Å². The summed E-state index contributed by atoms with van der Waals surface area (Å²) in [7, 11) is 1.63. The number of methoxy groups -OCH3 is 1. The molecule has 0 bridgehead atoms. The van der Waals surface area contributed by atoms with Crippen molar-refractivity contribution in [2.24, 2.45) is 0 Å². The molecule has 3 rings (SSSR count). The molecule has 24 heavy (non-hydrogen) atoms. The highest BCUT2D eigenvalue weighted by atomic mass is 16.5. The first-order valence-electron chi connectivity index (χ1n) is 8.43. The quantitative estimate of drug-likeness (QED) is 0.935. The molecule has 0 unspecified atom stereocenters. The molecule has 6 heteroatoms. The predicted molar refractivity (Wildman–Crippen MR) is 93.1 cm³/mol. The zero-order valence-electron chi connectivity index (χ0n) is 14.5. The third kappa shape index (κ3) is 3.24. The van der Waals surface area contributed by atoms with Gasteiger partial charge < -0.3 is 14.6 Å². The average Bonchev–Trinajstić information content (AvgIpc) is 2.90. The highest BCUT2D eigenvalue weighted by Crippen LogP contribution is 2.26. The van der Waals surface area contributed by atoms with E-state index in [4.69, 9.17) is 4.74 Å². The van der Waals surface area contributed by atoms with Crippen molar-refractivity contribution in [3.63, 3.8) is 0 Å². The van der Waals surface area contributed by atoms with Gasteiger partial charge in [0, 0.05) is 26.2 Å². The van der Waals surface area contributed by atoms with Gasteiger partial charge in [-0.2, -0.15) is 0 Å². The summed E-state index contributed by atoms with van der Waals surface area (Å²) < 4.78 is 7.19. The number of fused-ring (bicyclic) bond motifs is 1. The van der Waals surface area contributed by atoms with Gasteiger partial charge in [-0.25, -0.2) is 4.79 Å². The lowest BCUT2D eigenvalue weighted by Crippen LogP contribution is -2.43. The summed E-state index contributed by atoms with van der Waals surface area (Å²) in [6, 6.07) is 7.87. The number of nitrogens with zero attached hydrogens (tertiary/aromatic N) is 2. The lowest BCUT2D eigenvalue weighted by atomic mass is 10.0. The molecule has 1 fully saturated rings. The molecule has 1 aliphatic rings. The Morgan fingerprint density at radius 3 is 2.62 bits per heavy atom. The molecule has 1 saturated heterocycles. The monoisotopic (exact) mass is 331 g/mol. The van der Waals surface area contributed by atoms with Crippen LogP contribution < -0.4 is 5.69 Å². The van der Waals surface area contributed by atoms with Crippen molar-refractivity contribution < 1.29 is 9.53 Å². The van der Waals surface area contributed by atoms with E-state index in [9.17, 15) is 9.59 Å². The van der Waals surface area contributed by atoms with Crippen LogP contribution in [0.1, 0.15) is 39.2 Å². The molecular weight excluding hydrogens is 306 g/mol. The van der Waals surface area contributed by atoms with Crippen molar-refractivity contribution in [1.29, 1.82) is 0 Å². The molecule has 0 spiro atoms. The zero-order chi connectivity index (χ0) is 17.3. The first kappa shape index (κ1) is 16.8. The molecule has 0 radical (unpaired) electrons. The van der Waals surface area contributed by atoms with Gasteiger partial charge in [0.1, 0.15) is 0 Å². The number of H-pyrrole nitrogens is 1. The molecule has 0 aliphatic carbocycles. The summed E-state index contributed by atoms with van der Waals surface area (Å²) in [5.74, 6) is 0.117. The van der Waals surface area contributed by atoms with E-state index in [-0.39, 0.29) is 17.6 Å². The molecule has 1 aromatic heterocycles. The number of amides is 1. The smallest absolute Gasteiger partial charge is 0.326 e. The van der Waals surface area contributed by atoms with E-state index < -0.39 is 5.60 Å². The topological polar surface area (TPSA) is 67.3 Å². The minimum Gasteiger partial charge on any atom is -0.378 e. The summed E-state index contributed by atoms with van der Waals surface area (Å²) >= 11 is 0. The number of likely N-dealkylation sites (tertiary alicyclic amines) is 1. The standard InChI is InChI=1S/C18H25N3O3/c1-18(2,24-3)12-16(22)20-10-8-13(9-11-20)21-15-7-5-4-6-14(15)19-17(21)23/h4-7,13H,8-12H2,1-3H3,(H,19,23). The molecule has 2 heterocycles. The van der Waals surface area contributed by atoms with E-state index in [1.54, 1.807) is 7.11 Å². The minimum absolute atomic E-state index is 0.0681. The van der Waals surface area contributed by atoms with E-state index in [0.717, 1.165) is 23.9 Å². The van der Waals surface area contributed by atoms with Crippen molar-refractivity contribution in [3.05, 3.63) is 34.7 Å². The van der Waals surface area contributed by atoms with E-state index in [1.165, 1.54) is 0 Å². The van der Waals surface area contributed by atoms with Crippen LogP contribution >= 0.6 is 0 Å². The average molecular weight is 331 g/mol. The Bertz CT molecular complexity index is 782. The first-order valence-corrected chi connectivity index (χ1v) is 8.43. The lowest BCUT2D eigenvalue weighted by molar-refractivity contribution is -0.137. The second-order valence-electron chi connectivity index (χ2n) is 7.07. The second kappa shape index (κ2) is 6.43. The summed E-state index contributed by atoms with van der Waals surface area (Å²) in [5.41, 5.74) is 1.29. The van der Waals surface area contributed by atoms with Crippen LogP contribution in [0, 0.1) is 0 Å². The number of carbonyl (C=O) groups excluding carboxylic acids is 1. The maximum Gasteiger partial charge on any atom is 0.326 e. The maximum absolute atomic E-state index is 12.4. The van der Waals surface area contributed by atoms with Crippen LogP contribution in [0.2, 0.25) is 0 Å². The fraction of sp³-hybridized carbons (Fsp3) is 0.556. The van der Waals surface area contributed by atoms with Gasteiger partial charge in [-0.1, -0.05) is 12.1 Å². The van der Waals surface area contributed by atoms with E-state index in [2.05, 4.69) is 4.98 Å². The Balaban J connectivity index is 1.70. The fourth-order valence-electron chi connectivity index (χ4n) is 3.36. The van der Waals surface area contributed by atoms with Gasteiger partial charge in [0.05, 0.1) is 23.1 Å². The molecule has 130 valence electrons. The van der Waals surface area contributed by atoms with Gasteiger partial charge in [0.2, 0.25) is 5.91 Å². The number of piperidine rings is 1. The number of nitrogens with one attached hydrogen (secondary N) is 1. The summed E-state index contributed by atoms with van der Waals surface area (Å²) in [5, 5.41) is 0. The van der Waals surface area contributed by atoms with Crippen LogP contribution in [-0.4, -0.2) is 46.2 Å². The molecule has 1 aromatic carbocycles. The number of aromatic nitrogens is 2. The fourth-order valence-corrected chi connectivity index (χ4v) is 3.36. The molecule has 2 aromatic rings. The normalized spacial score (nSPS) is 16.7. The molecule has 0 atom stereocenters. The van der Waals surface area contributed by atoms with Crippen LogP contribution in [-0.2, 0) is 9.53 Å². The van der Waals surface area contributed by atoms with Crippen molar-refractivity contribution in [2.45, 2.75) is 44.8 Å². The predicted octanol–water partition coefficient (Wildman–Crippen LogP) is 2.31. The van der Waals surface area contributed by atoms with E-state index in [1.807, 2.05) is 47.6 Å². The third-order valence-corrected chi connectivity index (χ3v) is 4.94.